The van der Waals surface area contributed by atoms with Crippen LogP contribution in [0.5, 0.6) is 0 Å². The fourth-order valence-electron chi connectivity index (χ4n) is 1.55. The topological polar surface area (TPSA) is 66.0 Å². The molecule has 7 nitrogen and oxygen atoms in total. The van der Waals surface area contributed by atoms with E-state index in [-0.39, 0.29) is 23.0 Å². The predicted molar refractivity (Wildman–Crippen MR) is 68.4 cm³/mol. The number of ether oxygens (including phenoxy) is 1. The molecule has 0 aliphatic carbocycles. The third-order valence-electron chi connectivity index (χ3n) is 2.62. The molecule has 0 bridgehead atoms. The Hall–Kier alpha value is -0.0331. The zero-order chi connectivity index (χ0) is 14.2. The summed E-state index contributed by atoms with van der Waals surface area (Å²) in [6.45, 7) is 0.515. The molecular weight excluding hydrogens is 336 g/mol. The molecule has 19 heavy (non-hydrogen) atoms. The summed E-state index contributed by atoms with van der Waals surface area (Å²) in [6, 6.07) is 0. The van der Waals surface area contributed by atoms with Crippen molar-refractivity contribution in [2.45, 2.75) is 6.42 Å². The average Bonchev–Trinajstić information content (AvgIpc) is 2.35. The summed E-state index contributed by atoms with van der Waals surface area (Å²) in [5, 5.41) is 0. The van der Waals surface area contributed by atoms with E-state index >= 15 is 0 Å². The van der Waals surface area contributed by atoms with E-state index in [4.69, 9.17) is 13.3 Å². The minimum atomic E-state index is -2.64. The fourth-order valence-corrected chi connectivity index (χ4v) is 3.51. The Balaban J connectivity index is 0. The number of nitrogens with zero attached hydrogens (tertiary/aromatic N) is 1. The number of hydrogen-bond acceptors (Lipinski definition) is 6. The first-order chi connectivity index (χ1) is 8.34. The van der Waals surface area contributed by atoms with Gasteiger partial charge in [0.15, 0.2) is 6.17 Å². The first kappa shape index (κ1) is 21.3. The molecule has 0 saturated carbocycles. The van der Waals surface area contributed by atoms with Gasteiger partial charge >= 0.3 is 14.8 Å². The Kier molecular flexibility index (Phi) is 11.0. The Bertz CT molecular complexity index is 256. The van der Waals surface area contributed by atoms with Crippen LogP contribution in [0.15, 0.2) is 0 Å². The third kappa shape index (κ3) is 7.97. The van der Waals surface area contributed by atoms with Gasteiger partial charge in [-0.05, 0) is 0 Å². The van der Waals surface area contributed by atoms with E-state index in [0.717, 1.165) is 0 Å². The van der Waals surface area contributed by atoms with Gasteiger partial charge in [0.05, 0.1) is 34.2 Å². The van der Waals surface area contributed by atoms with Gasteiger partial charge in [0, 0.05) is 21.3 Å². The summed E-state index contributed by atoms with van der Waals surface area (Å²) in [5.41, 5.74) is 3.21. The van der Waals surface area contributed by atoms with Crippen molar-refractivity contribution in [3.63, 3.8) is 0 Å². The second-order valence-corrected chi connectivity index (χ2v) is 7.28. The minimum absolute atomic E-state index is 0. The molecule has 0 unspecified atom stereocenters. The molecule has 0 aliphatic heterocycles. The number of carbonyl (C=O) groups is 1. The van der Waals surface area contributed by atoms with Gasteiger partial charge < -0.3 is 35.0 Å². The van der Waals surface area contributed by atoms with Gasteiger partial charge in [-0.3, -0.25) is 4.79 Å². The summed E-state index contributed by atoms with van der Waals surface area (Å²) >= 11 is 0. The molecule has 0 spiro atoms. The summed E-state index contributed by atoms with van der Waals surface area (Å²) in [4.78, 5) is 11.0. The van der Waals surface area contributed by atoms with E-state index in [1.807, 2.05) is 14.1 Å². The van der Waals surface area contributed by atoms with Crippen LogP contribution >= 0.6 is 0 Å². The maximum atomic E-state index is 11.0. The number of nitrogens with one attached hydrogen (secondary N) is 1. The smallest absolute Gasteiger partial charge is 0.560 e. The highest BCUT2D eigenvalue weighted by molar-refractivity contribution is 6.60. The number of hydrogen-bond donors (Lipinski definition) is 1. The summed E-state index contributed by atoms with van der Waals surface area (Å²) in [6.07, 6.45) is 0.872. The molecule has 0 aliphatic rings. The van der Waals surface area contributed by atoms with Crippen molar-refractivity contribution in [2.24, 2.45) is 0 Å². The molecule has 116 valence electrons. The Labute approximate surface area is 126 Å². The molecular formula is C10H25BrN2O5Si. The molecule has 0 aromatic carbocycles. The number of halogens is 1. The van der Waals surface area contributed by atoms with Crippen LogP contribution in [0.2, 0.25) is 0 Å². The van der Waals surface area contributed by atoms with E-state index in [1.54, 1.807) is 21.3 Å². The maximum Gasteiger partial charge on any atom is 0.560 e. The highest BCUT2D eigenvalue weighted by Crippen LogP contribution is 2.10. The van der Waals surface area contributed by atoms with Crippen molar-refractivity contribution in [3.05, 3.63) is 0 Å². The molecule has 0 aromatic rings. The Morgan fingerprint density at radius 1 is 1.11 bits per heavy atom. The molecule has 0 amide bonds. The van der Waals surface area contributed by atoms with Crippen molar-refractivity contribution >= 4 is 14.8 Å². The first-order valence-corrected chi connectivity index (χ1v) is 7.58. The van der Waals surface area contributed by atoms with Crippen molar-refractivity contribution in [3.8, 4) is 0 Å². The normalized spacial score (nSPS) is 11.9. The van der Waals surface area contributed by atoms with E-state index in [2.05, 4.69) is 10.2 Å². The SMILES string of the molecule is COC(=O)CCN[N+](C)(C)C[Si](OC)(OC)OC.[Br-]. The highest BCUT2D eigenvalue weighted by Gasteiger charge is 2.46. The lowest BCUT2D eigenvalue weighted by Crippen LogP contribution is -3.00. The zero-order valence-corrected chi connectivity index (χ0v) is 15.1. The van der Waals surface area contributed by atoms with Gasteiger partial charge in [-0.25, -0.2) is 4.59 Å². The van der Waals surface area contributed by atoms with Crippen LogP contribution in [0, 0.1) is 0 Å². The van der Waals surface area contributed by atoms with Crippen LogP contribution in [0.25, 0.3) is 0 Å². The summed E-state index contributed by atoms with van der Waals surface area (Å²) < 4.78 is 21.1. The van der Waals surface area contributed by atoms with Gasteiger partial charge in [-0.15, -0.1) is 0 Å². The standard InChI is InChI=1S/C10H25N2O5Si.BrH/c1-12(2,11-8-7-10(13)14-3)9-18(15-4,16-5)17-6;/h11H,7-9H2,1-6H3;1H/q+1;/p-1. The van der Waals surface area contributed by atoms with Crippen LogP contribution in [-0.2, 0) is 22.8 Å². The Morgan fingerprint density at radius 3 is 1.95 bits per heavy atom. The number of rotatable bonds is 9. The zero-order valence-electron chi connectivity index (χ0n) is 12.5. The molecule has 9 heteroatoms. The molecule has 0 rings (SSSR count). The molecule has 0 heterocycles. The molecule has 0 radical (unpaired) electrons. The monoisotopic (exact) mass is 360 g/mol. The number of methoxy groups -OCH3 is 1. The van der Waals surface area contributed by atoms with Crippen molar-refractivity contribution < 1.29 is 44.4 Å². The van der Waals surface area contributed by atoms with Crippen LogP contribution < -0.4 is 22.4 Å². The highest BCUT2D eigenvalue weighted by atomic mass is 79.9. The van der Waals surface area contributed by atoms with E-state index < -0.39 is 8.80 Å². The third-order valence-corrected chi connectivity index (χ3v) is 5.66. The van der Waals surface area contributed by atoms with E-state index in [9.17, 15) is 4.79 Å². The minimum Gasteiger partial charge on any atom is -1.00 e. The lowest BCUT2D eigenvalue weighted by Gasteiger charge is -2.35. The molecule has 0 atom stereocenters. The predicted octanol–water partition coefficient (Wildman–Crippen LogP) is -3.45. The largest absolute Gasteiger partial charge is 1.00 e. The Morgan fingerprint density at radius 2 is 1.58 bits per heavy atom. The van der Waals surface area contributed by atoms with E-state index in [0.29, 0.717) is 23.7 Å². The molecule has 0 saturated heterocycles. The average molecular weight is 361 g/mol. The number of quaternary nitrogens is 1. The van der Waals surface area contributed by atoms with Crippen molar-refractivity contribution in [1.29, 1.82) is 0 Å². The van der Waals surface area contributed by atoms with Crippen LogP contribution in [0.3, 0.4) is 0 Å². The van der Waals surface area contributed by atoms with Crippen molar-refractivity contribution in [1.82, 2.24) is 5.43 Å². The second kappa shape index (κ2) is 9.81. The lowest BCUT2D eigenvalue weighted by molar-refractivity contribution is -0.926. The quantitative estimate of drug-likeness (QED) is 0.200. The number of esters is 1. The van der Waals surface area contributed by atoms with E-state index in [1.165, 1.54) is 7.11 Å². The fraction of sp³-hybridized carbons (Fsp3) is 0.900. The molecule has 0 aromatic heterocycles. The van der Waals surface area contributed by atoms with Crippen LogP contribution in [0.4, 0.5) is 0 Å². The molecule has 1 N–H and O–H groups in total. The van der Waals surface area contributed by atoms with Gasteiger partial charge in [0.25, 0.3) is 0 Å². The van der Waals surface area contributed by atoms with Gasteiger partial charge in [0.1, 0.15) is 0 Å². The van der Waals surface area contributed by atoms with Crippen LogP contribution in [0.1, 0.15) is 6.42 Å². The summed E-state index contributed by atoms with van der Waals surface area (Å²) in [7, 11) is 7.37. The van der Waals surface area contributed by atoms with Gasteiger partial charge in [-0.1, -0.05) is 0 Å². The summed E-state index contributed by atoms with van der Waals surface area (Å²) in [5.74, 6) is -0.240. The number of carbonyl (C=O) groups excluding carboxylic acids is 1. The second-order valence-electron chi connectivity index (χ2n) is 4.37. The molecule has 0 fully saturated rings. The first-order valence-electron chi connectivity index (χ1n) is 5.65. The van der Waals surface area contributed by atoms with Crippen LogP contribution in [-0.4, -0.2) is 74.6 Å². The maximum absolute atomic E-state index is 11.0. The van der Waals surface area contributed by atoms with Gasteiger partial charge in [0.2, 0.25) is 0 Å². The van der Waals surface area contributed by atoms with Gasteiger partial charge in [-0.2, -0.15) is 5.43 Å². The lowest BCUT2D eigenvalue weighted by atomic mass is 10.4. The van der Waals surface area contributed by atoms with Crippen molar-refractivity contribution in [2.75, 3.05) is 55.2 Å².